The van der Waals surface area contributed by atoms with Gasteiger partial charge < -0.3 is 4.90 Å². The summed E-state index contributed by atoms with van der Waals surface area (Å²) in [5.74, 6) is 0.557. The van der Waals surface area contributed by atoms with Gasteiger partial charge in [0.15, 0.2) is 0 Å². The second-order valence-electron chi connectivity index (χ2n) is 6.18. The van der Waals surface area contributed by atoms with Crippen molar-refractivity contribution in [1.29, 1.82) is 0 Å². The molecule has 1 aliphatic rings. The lowest BCUT2D eigenvalue weighted by Crippen LogP contribution is -2.27. The minimum absolute atomic E-state index is 0.105. The second kappa shape index (κ2) is 6.79. The summed E-state index contributed by atoms with van der Waals surface area (Å²) >= 11 is 0. The van der Waals surface area contributed by atoms with Crippen molar-refractivity contribution < 1.29 is 13.2 Å². The molecule has 1 amide bonds. The molecule has 0 aliphatic carbocycles. The summed E-state index contributed by atoms with van der Waals surface area (Å²) in [5.41, 5.74) is 1.62. The molecule has 1 fully saturated rings. The Kier molecular flexibility index (Phi) is 5.24. The van der Waals surface area contributed by atoms with Gasteiger partial charge in [0.25, 0.3) is 0 Å². The van der Waals surface area contributed by atoms with Gasteiger partial charge in [-0.1, -0.05) is 13.8 Å². The van der Waals surface area contributed by atoms with E-state index in [0.29, 0.717) is 25.4 Å². The van der Waals surface area contributed by atoms with Crippen LogP contribution in [0.15, 0.2) is 23.1 Å². The van der Waals surface area contributed by atoms with Crippen LogP contribution in [0, 0.1) is 12.8 Å². The van der Waals surface area contributed by atoms with Crippen molar-refractivity contribution >= 4 is 21.6 Å². The van der Waals surface area contributed by atoms with Crippen LogP contribution in [-0.4, -0.2) is 27.4 Å². The van der Waals surface area contributed by atoms with Gasteiger partial charge in [0.05, 0.1) is 4.90 Å². The Labute approximate surface area is 132 Å². The summed E-state index contributed by atoms with van der Waals surface area (Å²) < 4.78 is 27.2. The fraction of sp³-hybridized carbons (Fsp3) is 0.562. The molecule has 1 saturated heterocycles. The molecule has 0 radical (unpaired) electrons. The molecule has 0 spiro atoms. The molecule has 0 atom stereocenters. The van der Waals surface area contributed by atoms with Crippen LogP contribution >= 0.6 is 0 Å². The van der Waals surface area contributed by atoms with Crippen LogP contribution in [0.4, 0.5) is 5.69 Å². The topological polar surface area (TPSA) is 66.5 Å². The average Bonchev–Trinajstić information content (AvgIpc) is 2.84. The molecule has 6 heteroatoms. The van der Waals surface area contributed by atoms with Crippen molar-refractivity contribution in [3.8, 4) is 0 Å². The van der Waals surface area contributed by atoms with Crippen LogP contribution in [0.1, 0.15) is 38.7 Å². The minimum atomic E-state index is -3.49. The molecule has 5 nitrogen and oxygen atoms in total. The lowest BCUT2D eigenvalue weighted by atomic mass is 10.1. The van der Waals surface area contributed by atoms with Gasteiger partial charge in [0.2, 0.25) is 15.9 Å². The van der Waals surface area contributed by atoms with Crippen LogP contribution < -0.4 is 9.62 Å². The zero-order chi connectivity index (χ0) is 16.3. The van der Waals surface area contributed by atoms with Gasteiger partial charge in [-0.15, -0.1) is 0 Å². The molecule has 0 aromatic heterocycles. The number of sulfonamides is 1. The van der Waals surface area contributed by atoms with E-state index in [4.69, 9.17) is 0 Å². The minimum Gasteiger partial charge on any atom is -0.312 e. The molecular formula is C16H24N2O3S. The standard InChI is InChI=1S/C16H24N2O3S/c1-12(2)8-9-17-22(20,21)14-6-7-15(13(3)11-14)18-10-4-5-16(18)19/h6-7,11-12,17H,4-5,8-10H2,1-3H3. The van der Waals surface area contributed by atoms with Gasteiger partial charge in [-0.3, -0.25) is 4.79 Å². The molecule has 1 aromatic rings. The number of carbonyl (C=O) groups excluding carboxylic acids is 1. The number of aryl methyl sites for hydroxylation is 1. The number of rotatable bonds is 6. The highest BCUT2D eigenvalue weighted by molar-refractivity contribution is 7.89. The number of hydrogen-bond acceptors (Lipinski definition) is 3. The van der Waals surface area contributed by atoms with Crippen molar-refractivity contribution in [1.82, 2.24) is 4.72 Å². The Morgan fingerprint density at radius 2 is 2.05 bits per heavy atom. The molecule has 22 heavy (non-hydrogen) atoms. The molecule has 1 N–H and O–H groups in total. The molecule has 0 saturated carbocycles. The maximum atomic E-state index is 12.3. The summed E-state index contributed by atoms with van der Waals surface area (Å²) in [6.07, 6.45) is 2.23. The third-order valence-corrected chi connectivity index (χ3v) is 5.32. The number of hydrogen-bond donors (Lipinski definition) is 1. The van der Waals surface area contributed by atoms with E-state index in [1.54, 1.807) is 23.1 Å². The first-order valence-electron chi connectivity index (χ1n) is 7.72. The van der Waals surface area contributed by atoms with Gasteiger partial charge >= 0.3 is 0 Å². The summed E-state index contributed by atoms with van der Waals surface area (Å²) in [6, 6.07) is 4.94. The van der Waals surface area contributed by atoms with Gasteiger partial charge in [-0.25, -0.2) is 13.1 Å². The van der Waals surface area contributed by atoms with E-state index in [2.05, 4.69) is 18.6 Å². The van der Waals surface area contributed by atoms with Crippen LogP contribution in [0.25, 0.3) is 0 Å². The van der Waals surface area contributed by atoms with Crippen LogP contribution in [-0.2, 0) is 14.8 Å². The molecule has 0 bridgehead atoms. The van der Waals surface area contributed by atoms with Gasteiger partial charge in [-0.05, 0) is 49.4 Å². The quantitative estimate of drug-likeness (QED) is 0.874. The first kappa shape index (κ1) is 17.0. The van der Waals surface area contributed by atoms with Gasteiger partial charge in [-0.2, -0.15) is 0 Å². The predicted molar refractivity (Wildman–Crippen MR) is 87.4 cm³/mol. The van der Waals surface area contributed by atoms with E-state index in [0.717, 1.165) is 24.1 Å². The maximum absolute atomic E-state index is 12.3. The SMILES string of the molecule is Cc1cc(S(=O)(=O)NCCC(C)C)ccc1N1CCCC1=O. The smallest absolute Gasteiger partial charge is 0.240 e. The number of nitrogens with one attached hydrogen (secondary N) is 1. The van der Waals surface area contributed by atoms with Crippen molar-refractivity contribution in [3.63, 3.8) is 0 Å². The van der Waals surface area contributed by atoms with Gasteiger partial charge in [0, 0.05) is 25.2 Å². The number of benzene rings is 1. The summed E-state index contributed by atoms with van der Waals surface area (Å²) in [4.78, 5) is 13.8. The van der Waals surface area contributed by atoms with Crippen molar-refractivity contribution in [2.75, 3.05) is 18.0 Å². The van der Waals surface area contributed by atoms with E-state index in [-0.39, 0.29) is 10.8 Å². The number of carbonyl (C=O) groups is 1. The molecular weight excluding hydrogens is 300 g/mol. The normalized spacial score (nSPS) is 15.8. The highest BCUT2D eigenvalue weighted by Crippen LogP contribution is 2.27. The van der Waals surface area contributed by atoms with Crippen LogP contribution in [0.2, 0.25) is 0 Å². The fourth-order valence-electron chi connectivity index (χ4n) is 2.57. The number of nitrogens with zero attached hydrogens (tertiary/aromatic N) is 1. The van der Waals surface area contributed by atoms with Gasteiger partial charge in [0.1, 0.15) is 0 Å². The van der Waals surface area contributed by atoms with E-state index >= 15 is 0 Å². The molecule has 122 valence electrons. The zero-order valence-corrected chi connectivity index (χ0v) is 14.2. The van der Waals surface area contributed by atoms with Crippen molar-refractivity contribution in [3.05, 3.63) is 23.8 Å². The highest BCUT2D eigenvalue weighted by atomic mass is 32.2. The van der Waals surface area contributed by atoms with Crippen molar-refractivity contribution in [2.45, 2.75) is 44.9 Å². The molecule has 0 unspecified atom stereocenters. The van der Waals surface area contributed by atoms with E-state index < -0.39 is 10.0 Å². The summed E-state index contributed by atoms with van der Waals surface area (Å²) in [5, 5.41) is 0. The third kappa shape index (κ3) is 3.87. The molecule has 1 aromatic carbocycles. The zero-order valence-electron chi connectivity index (χ0n) is 13.4. The fourth-order valence-corrected chi connectivity index (χ4v) is 3.70. The monoisotopic (exact) mass is 324 g/mol. The summed E-state index contributed by atoms with van der Waals surface area (Å²) in [6.45, 7) is 7.10. The maximum Gasteiger partial charge on any atom is 0.240 e. The first-order valence-corrected chi connectivity index (χ1v) is 9.20. The molecule has 2 rings (SSSR count). The Hall–Kier alpha value is -1.40. The predicted octanol–water partition coefficient (Wildman–Crippen LogP) is 2.45. The lowest BCUT2D eigenvalue weighted by molar-refractivity contribution is -0.117. The highest BCUT2D eigenvalue weighted by Gasteiger charge is 2.24. The Morgan fingerprint density at radius 1 is 1.32 bits per heavy atom. The van der Waals surface area contributed by atoms with E-state index in [1.165, 1.54) is 0 Å². The molecule has 1 heterocycles. The van der Waals surface area contributed by atoms with Crippen LogP contribution in [0.3, 0.4) is 0 Å². The van der Waals surface area contributed by atoms with E-state index in [9.17, 15) is 13.2 Å². The Balaban J connectivity index is 2.16. The van der Waals surface area contributed by atoms with E-state index in [1.807, 2.05) is 6.92 Å². The van der Waals surface area contributed by atoms with Crippen LogP contribution in [0.5, 0.6) is 0 Å². The second-order valence-corrected chi connectivity index (χ2v) is 7.94. The third-order valence-electron chi connectivity index (χ3n) is 3.86. The lowest BCUT2D eigenvalue weighted by Gasteiger charge is -2.19. The Morgan fingerprint density at radius 3 is 2.59 bits per heavy atom. The van der Waals surface area contributed by atoms with Crippen molar-refractivity contribution in [2.24, 2.45) is 5.92 Å². The number of anilines is 1. The largest absolute Gasteiger partial charge is 0.312 e. The first-order chi connectivity index (χ1) is 10.3. The average molecular weight is 324 g/mol. The number of amides is 1. The molecule has 1 aliphatic heterocycles. The Bertz CT molecular complexity index is 653. The summed E-state index contributed by atoms with van der Waals surface area (Å²) in [7, 11) is -3.49.